The van der Waals surface area contributed by atoms with Crippen LogP contribution in [0.3, 0.4) is 0 Å². The van der Waals surface area contributed by atoms with Gasteiger partial charge < -0.3 is 15.6 Å². The van der Waals surface area contributed by atoms with Gasteiger partial charge in [0, 0.05) is 48.5 Å². The Bertz CT molecular complexity index is 1490. The number of benzene rings is 1. The average Bonchev–Trinajstić information content (AvgIpc) is 3.42. The molecular formula is C26H28F3N7S. The maximum atomic E-state index is 13.1. The van der Waals surface area contributed by atoms with Gasteiger partial charge in [0.25, 0.3) is 0 Å². The number of halogens is 3. The smallest absolute Gasteiger partial charge is 0.367 e. The molecule has 1 saturated heterocycles. The summed E-state index contributed by atoms with van der Waals surface area (Å²) in [5, 5.41) is 17.4. The summed E-state index contributed by atoms with van der Waals surface area (Å²) in [6.45, 7) is 6.42. The molecule has 5 rings (SSSR count). The molecular weight excluding hydrogens is 499 g/mol. The average molecular weight is 528 g/mol. The van der Waals surface area contributed by atoms with E-state index < -0.39 is 12.6 Å². The van der Waals surface area contributed by atoms with Gasteiger partial charge in [-0.3, -0.25) is 4.90 Å². The second kappa shape index (κ2) is 9.84. The van der Waals surface area contributed by atoms with E-state index >= 15 is 0 Å². The van der Waals surface area contributed by atoms with Crippen molar-refractivity contribution in [1.29, 1.82) is 5.26 Å². The molecule has 11 heteroatoms. The van der Waals surface area contributed by atoms with E-state index in [-0.39, 0.29) is 10.9 Å². The third kappa shape index (κ3) is 5.22. The lowest BCUT2D eigenvalue weighted by Crippen LogP contribution is -2.39. The van der Waals surface area contributed by atoms with Crippen molar-refractivity contribution in [3.8, 4) is 6.07 Å². The number of thiophene rings is 1. The molecule has 0 bridgehead atoms. The minimum atomic E-state index is -4.27. The molecule has 0 saturated carbocycles. The van der Waals surface area contributed by atoms with Crippen LogP contribution in [0.25, 0.3) is 21.1 Å². The van der Waals surface area contributed by atoms with E-state index in [0.29, 0.717) is 33.2 Å². The molecule has 1 aliphatic heterocycles. The summed E-state index contributed by atoms with van der Waals surface area (Å²) >= 11 is 1.08. The molecule has 37 heavy (non-hydrogen) atoms. The Labute approximate surface area is 216 Å². The Morgan fingerprint density at radius 1 is 1.19 bits per heavy atom. The molecule has 1 aromatic carbocycles. The standard InChI is InChI=1S/C26H28F3N7S/c1-14-16(4-5-20-19(14)10-18(12-30)32-20)13-36-8-6-17(7-9-36)33-23-22-15(2)21(11-26(27,28)29)37-24(22)35-25(31-3)34-23/h4-5,10,17,32H,6-9,11,13H2,1-3H3,(H2,31,33,34,35). The molecule has 4 aromatic rings. The number of nitrogens with zero attached hydrogens (tertiary/aromatic N) is 4. The van der Waals surface area contributed by atoms with E-state index in [1.165, 1.54) is 11.1 Å². The minimum absolute atomic E-state index is 0.163. The van der Waals surface area contributed by atoms with Crippen molar-refractivity contribution < 1.29 is 13.2 Å². The van der Waals surface area contributed by atoms with E-state index in [0.717, 1.165) is 54.7 Å². The number of aryl methyl sites for hydroxylation is 2. The van der Waals surface area contributed by atoms with E-state index in [1.807, 2.05) is 12.1 Å². The van der Waals surface area contributed by atoms with Gasteiger partial charge in [-0.25, -0.2) is 4.98 Å². The molecule has 7 nitrogen and oxygen atoms in total. The highest BCUT2D eigenvalue weighted by atomic mass is 32.1. The Balaban J connectivity index is 1.30. The number of H-pyrrole nitrogens is 1. The maximum Gasteiger partial charge on any atom is 0.393 e. The fourth-order valence-corrected chi connectivity index (χ4v) is 6.26. The molecule has 3 N–H and O–H groups in total. The van der Waals surface area contributed by atoms with E-state index in [9.17, 15) is 18.4 Å². The molecule has 0 radical (unpaired) electrons. The van der Waals surface area contributed by atoms with E-state index in [2.05, 4.69) is 49.5 Å². The number of aromatic amines is 1. The number of rotatable bonds is 6. The van der Waals surface area contributed by atoms with Crippen LogP contribution in [0.2, 0.25) is 0 Å². The Hall–Kier alpha value is -3.36. The van der Waals surface area contributed by atoms with Gasteiger partial charge in [-0.2, -0.15) is 23.4 Å². The zero-order chi connectivity index (χ0) is 26.3. The third-order valence-electron chi connectivity index (χ3n) is 7.10. The van der Waals surface area contributed by atoms with Crippen LogP contribution in [0.15, 0.2) is 18.2 Å². The van der Waals surface area contributed by atoms with E-state index in [4.69, 9.17) is 0 Å². The highest BCUT2D eigenvalue weighted by Gasteiger charge is 2.31. The predicted molar refractivity (Wildman–Crippen MR) is 141 cm³/mol. The summed E-state index contributed by atoms with van der Waals surface area (Å²) in [6, 6.07) is 8.38. The summed E-state index contributed by atoms with van der Waals surface area (Å²) in [4.78, 5) is 15.4. The van der Waals surface area contributed by atoms with Crippen molar-refractivity contribution >= 4 is 44.2 Å². The minimum Gasteiger partial charge on any atom is -0.367 e. The Morgan fingerprint density at radius 3 is 2.62 bits per heavy atom. The molecule has 3 aromatic heterocycles. The molecule has 1 fully saturated rings. The van der Waals surface area contributed by atoms with Gasteiger partial charge in [-0.05, 0) is 55.5 Å². The monoisotopic (exact) mass is 527 g/mol. The molecule has 0 spiro atoms. The number of piperidine rings is 1. The van der Waals surface area contributed by atoms with Crippen molar-refractivity contribution in [2.75, 3.05) is 30.8 Å². The van der Waals surface area contributed by atoms with Crippen LogP contribution in [-0.4, -0.2) is 52.2 Å². The van der Waals surface area contributed by atoms with Gasteiger partial charge in [-0.1, -0.05) is 6.07 Å². The largest absolute Gasteiger partial charge is 0.393 e. The van der Waals surface area contributed by atoms with Crippen LogP contribution in [0.4, 0.5) is 24.9 Å². The third-order valence-corrected chi connectivity index (χ3v) is 8.29. The highest BCUT2D eigenvalue weighted by Crippen LogP contribution is 2.38. The zero-order valence-corrected chi connectivity index (χ0v) is 21.7. The van der Waals surface area contributed by atoms with Gasteiger partial charge >= 0.3 is 6.18 Å². The number of likely N-dealkylation sites (tertiary alicyclic amines) is 1. The number of anilines is 2. The summed E-state index contributed by atoms with van der Waals surface area (Å²) < 4.78 is 39.3. The van der Waals surface area contributed by atoms with Crippen LogP contribution >= 0.6 is 11.3 Å². The first-order chi connectivity index (χ1) is 17.6. The van der Waals surface area contributed by atoms with Crippen LogP contribution in [0.1, 0.15) is 40.1 Å². The molecule has 0 unspecified atom stereocenters. The zero-order valence-electron chi connectivity index (χ0n) is 20.9. The van der Waals surface area contributed by atoms with Crippen molar-refractivity contribution in [1.82, 2.24) is 19.9 Å². The highest BCUT2D eigenvalue weighted by molar-refractivity contribution is 7.19. The number of hydrogen-bond donors (Lipinski definition) is 3. The SMILES string of the molecule is CNc1nc(NC2CCN(Cc3ccc4[nH]c(C#N)cc4c3C)CC2)c2c(C)c(CC(F)(F)F)sc2n1. The van der Waals surface area contributed by atoms with Crippen LogP contribution in [0, 0.1) is 25.2 Å². The lowest BCUT2D eigenvalue weighted by molar-refractivity contribution is -0.126. The lowest BCUT2D eigenvalue weighted by Gasteiger charge is -2.33. The van der Waals surface area contributed by atoms with Crippen LogP contribution in [0.5, 0.6) is 0 Å². The molecule has 0 atom stereocenters. The maximum absolute atomic E-state index is 13.1. The molecule has 0 aliphatic carbocycles. The number of nitrogens with one attached hydrogen (secondary N) is 3. The van der Waals surface area contributed by atoms with Gasteiger partial charge in [0.05, 0.1) is 11.8 Å². The van der Waals surface area contributed by atoms with Gasteiger partial charge in [0.1, 0.15) is 22.4 Å². The van der Waals surface area contributed by atoms with Crippen molar-refractivity contribution in [3.63, 3.8) is 0 Å². The first-order valence-corrected chi connectivity index (χ1v) is 13.0. The molecule has 1 aliphatic rings. The number of nitriles is 1. The first-order valence-electron chi connectivity index (χ1n) is 12.2. The van der Waals surface area contributed by atoms with Crippen molar-refractivity contribution in [2.45, 2.75) is 51.9 Å². The van der Waals surface area contributed by atoms with Gasteiger partial charge in [0.15, 0.2) is 0 Å². The summed E-state index contributed by atoms with van der Waals surface area (Å²) in [6.07, 6.45) is -3.45. The Kier molecular flexibility index (Phi) is 6.72. The first kappa shape index (κ1) is 25.3. The molecule has 0 amide bonds. The predicted octanol–water partition coefficient (Wildman–Crippen LogP) is 5.88. The Morgan fingerprint density at radius 2 is 1.95 bits per heavy atom. The summed E-state index contributed by atoms with van der Waals surface area (Å²) in [5.74, 6) is 0.986. The summed E-state index contributed by atoms with van der Waals surface area (Å²) in [5.41, 5.74) is 4.55. The fraction of sp³-hybridized carbons (Fsp3) is 0.423. The van der Waals surface area contributed by atoms with Gasteiger partial charge in [-0.15, -0.1) is 11.3 Å². The van der Waals surface area contributed by atoms with Crippen molar-refractivity contribution in [2.24, 2.45) is 0 Å². The molecule has 4 heterocycles. The second-order valence-electron chi connectivity index (χ2n) is 9.57. The second-order valence-corrected chi connectivity index (χ2v) is 10.7. The number of aromatic nitrogens is 3. The fourth-order valence-electron chi connectivity index (χ4n) is 5.05. The number of fused-ring (bicyclic) bond motifs is 2. The van der Waals surface area contributed by atoms with Crippen LogP contribution < -0.4 is 10.6 Å². The van der Waals surface area contributed by atoms with E-state index in [1.54, 1.807) is 14.0 Å². The summed E-state index contributed by atoms with van der Waals surface area (Å²) in [7, 11) is 1.70. The normalized spacial score (nSPS) is 15.4. The van der Waals surface area contributed by atoms with Crippen LogP contribution in [-0.2, 0) is 13.0 Å². The lowest BCUT2D eigenvalue weighted by atomic mass is 10.0. The van der Waals surface area contributed by atoms with Gasteiger partial charge in [0.2, 0.25) is 5.95 Å². The topological polar surface area (TPSA) is 92.7 Å². The number of alkyl halides is 3. The molecule has 194 valence electrons. The quantitative estimate of drug-likeness (QED) is 0.290. The number of hydrogen-bond acceptors (Lipinski definition) is 7. The van der Waals surface area contributed by atoms with Crippen molar-refractivity contribution in [3.05, 3.63) is 45.5 Å².